The molecule has 0 aliphatic carbocycles. The molecule has 2 rings (SSSR count). The summed E-state index contributed by atoms with van der Waals surface area (Å²) in [6.45, 7) is 3.50. The van der Waals surface area contributed by atoms with Crippen molar-refractivity contribution in [1.82, 2.24) is 10.0 Å². The minimum atomic E-state index is -4.80. The van der Waals surface area contributed by atoms with Crippen molar-refractivity contribution in [2.24, 2.45) is 4.99 Å². The first kappa shape index (κ1) is 28.9. The molecule has 1 unspecified atom stereocenters. The number of nitrogens with zero attached hydrogens (tertiary/aromatic N) is 3. The van der Waals surface area contributed by atoms with Crippen LogP contribution < -0.4 is 34.7 Å². The van der Waals surface area contributed by atoms with Gasteiger partial charge < -0.3 is 14.9 Å². The number of aliphatic imine (C=N–C) groups is 1. The van der Waals surface area contributed by atoms with Gasteiger partial charge in [0.05, 0.1) is 12.8 Å². The van der Waals surface area contributed by atoms with Crippen molar-refractivity contribution < 1.29 is 66.9 Å². The van der Waals surface area contributed by atoms with Crippen molar-refractivity contribution in [3.63, 3.8) is 0 Å². The second-order valence-corrected chi connectivity index (χ2v) is 11.4. The van der Waals surface area contributed by atoms with Crippen LogP contribution in [0.15, 0.2) is 34.4 Å². The molecule has 0 bridgehead atoms. The van der Waals surface area contributed by atoms with Crippen LogP contribution in [-0.2, 0) is 29.3 Å². The maximum absolute atomic E-state index is 12.1. The Hall–Kier alpha value is -1.16. The number of amides is 2. The number of carbonyl (C=O) groups excluding carboxylic acids is 3. The van der Waals surface area contributed by atoms with Crippen LogP contribution in [0, 0.1) is 0 Å². The van der Waals surface area contributed by atoms with Gasteiger partial charge in [0.25, 0.3) is 21.9 Å². The molecule has 1 aliphatic rings. The van der Waals surface area contributed by atoms with Gasteiger partial charge in [0.15, 0.2) is 5.25 Å². The monoisotopic (exact) mass is 513 g/mol. The Labute approximate surface area is 215 Å². The van der Waals surface area contributed by atoms with E-state index in [2.05, 4.69) is 14.8 Å². The zero-order chi connectivity index (χ0) is 23.2. The summed E-state index contributed by atoms with van der Waals surface area (Å²) in [5.41, 5.74) is 0. The average molecular weight is 514 g/mol. The molecule has 2 amide bonds. The summed E-state index contributed by atoms with van der Waals surface area (Å²) in [4.78, 5) is 47.8. The van der Waals surface area contributed by atoms with Crippen LogP contribution in [0.25, 0.3) is 0 Å². The molecule has 1 saturated heterocycles. The first-order valence-electron chi connectivity index (χ1n) is 8.90. The Kier molecular flexibility index (Phi) is 11.1. The van der Waals surface area contributed by atoms with E-state index in [9.17, 15) is 27.9 Å². The van der Waals surface area contributed by atoms with E-state index < -0.39 is 56.6 Å². The number of imide groups is 1. The maximum atomic E-state index is 12.1. The zero-order valence-electron chi connectivity index (χ0n) is 17.6. The SMILES string of the molecule is CC(C)(CC([O-])=NCCC(=O)ON1C(=O)CC(S(=O)(=O)O)C1=O)SSc1ccccn1.[Na+]. The molecule has 1 fully saturated rings. The standard InChI is InChI=1S/C17H21N3O8S3.Na/c1-17(2,30-29-13-5-3-4-7-19-13)10-12(21)18-8-6-15(23)28-20-14(22)9-11(16(20)24)31(25,26)27;/h3-5,7,11H,6,8-10H2,1-2H3,(H,18,21)(H,25,26,27);/q;+1/p-1. The Balaban J connectivity index is 0.00000512. The van der Waals surface area contributed by atoms with Crippen molar-refractivity contribution >= 4 is 55.4 Å². The number of carbonyl (C=O) groups is 3. The van der Waals surface area contributed by atoms with Crippen molar-refractivity contribution in [2.45, 2.75) is 48.1 Å². The molecule has 32 heavy (non-hydrogen) atoms. The van der Waals surface area contributed by atoms with E-state index in [0.29, 0.717) is 0 Å². The van der Waals surface area contributed by atoms with Crippen LogP contribution in [0.3, 0.4) is 0 Å². The molecular weight excluding hydrogens is 493 g/mol. The van der Waals surface area contributed by atoms with Crippen LogP contribution >= 0.6 is 21.6 Å². The number of pyridine rings is 1. The van der Waals surface area contributed by atoms with E-state index in [4.69, 9.17) is 4.55 Å². The van der Waals surface area contributed by atoms with E-state index >= 15 is 0 Å². The molecule has 11 nitrogen and oxygen atoms in total. The number of hydroxylamine groups is 2. The Morgan fingerprint density at radius 1 is 1.41 bits per heavy atom. The van der Waals surface area contributed by atoms with Gasteiger partial charge in [-0.2, -0.15) is 8.42 Å². The number of hydrogen-bond donors (Lipinski definition) is 1. The van der Waals surface area contributed by atoms with E-state index in [1.54, 1.807) is 12.3 Å². The second kappa shape index (κ2) is 12.3. The van der Waals surface area contributed by atoms with Gasteiger partial charge in [0.2, 0.25) is 0 Å². The third-order valence-electron chi connectivity index (χ3n) is 3.79. The summed E-state index contributed by atoms with van der Waals surface area (Å²) >= 11 is 0. The van der Waals surface area contributed by atoms with Gasteiger partial charge in [-0.15, -0.1) is 5.06 Å². The fourth-order valence-corrected chi connectivity index (χ4v) is 5.17. The molecule has 0 aromatic carbocycles. The summed E-state index contributed by atoms with van der Waals surface area (Å²) in [5, 5.41) is 10.9. The van der Waals surface area contributed by atoms with Gasteiger partial charge >= 0.3 is 35.5 Å². The first-order valence-corrected chi connectivity index (χ1v) is 12.6. The van der Waals surface area contributed by atoms with E-state index in [-0.39, 0.29) is 47.6 Å². The molecule has 0 saturated carbocycles. The minimum absolute atomic E-state index is 0. The fraction of sp³-hybridized carbons (Fsp3) is 0.471. The van der Waals surface area contributed by atoms with Gasteiger partial charge in [0, 0.05) is 17.5 Å². The van der Waals surface area contributed by atoms with E-state index in [1.807, 2.05) is 26.0 Å². The number of aromatic nitrogens is 1. The van der Waals surface area contributed by atoms with Crippen molar-refractivity contribution in [3.8, 4) is 0 Å². The quantitative estimate of drug-likeness (QED) is 0.0886. The molecule has 1 aromatic heterocycles. The topological polar surface area (TPSA) is 166 Å². The molecule has 2 heterocycles. The Morgan fingerprint density at radius 2 is 2.09 bits per heavy atom. The third-order valence-corrected chi connectivity index (χ3v) is 8.08. The van der Waals surface area contributed by atoms with Gasteiger partial charge in [-0.25, -0.2) is 9.78 Å². The molecule has 0 radical (unpaired) electrons. The van der Waals surface area contributed by atoms with Gasteiger partial charge in [-0.05, 0) is 49.1 Å². The van der Waals surface area contributed by atoms with Crippen LogP contribution in [0.1, 0.15) is 33.1 Å². The molecule has 1 aliphatic heterocycles. The van der Waals surface area contributed by atoms with Crippen molar-refractivity contribution in [3.05, 3.63) is 24.4 Å². The molecular formula is C17H20N3NaO8S3. The van der Waals surface area contributed by atoms with Crippen LogP contribution in [0.2, 0.25) is 0 Å². The van der Waals surface area contributed by atoms with Gasteiger partial charge in [0.1, 0.15) is 5.03 Å². The number of rotatable bonds is 10. The smallest absolute Gasteiger partial charge is 0.862 e. The van der Waals surface area contributed by atoms with Crippen LogP contribution in [0.4, 0.5) is 0 Å². The van der Waals surface area contributed by atoms with Gasteiger partial charge in [-0.1, -0.05) is 16.9 Å². The minimum Gasteiger partial charge on any atom is -0.862 e. The summed E-state index contributed by atoms with van der Waals surface area (Å²) in [6, 6.07) is 5.50. The summed E-state index contributed by atoms with van der Waals surface area (Å²) in [6.07, 6.45) is 0.542. The third kappa shape index (κ3) is 9.00. The summed E-state index contributed by atoms with van der Waals surface area (Å²) < 4.78 is 30.6. The normalized spacial score (nSPS) is 17.3. The van der Waals surface area contributed by atoms with Gasteiger partial charge in [-0.3, -0.25) is 14.1 Å². The van der Waals surface area contributed by atoms with Crippen molar-refractivity contribution in [1.29, 1.82) is 0 Å². The second-order valence-electron chi connectivity index (χ2n) is 6.99. The molecule has 1 N–H and O–H groups in total. The largest absolute Gasteiger partial charge is 1.00 e. The molecule has 170 valence electrons. The molecule has 0 spiro atoms. The predicted molar refractivity (Wildman–Crippen MR) is 111 cm³/mol. The van der Waals surface area contributed by atoms with E-state index in [0.717, 1.165) is 5.03 Å². The molecule has 1 atom stereocenters. The predicted octanol–water partition coefficient (Wildman–Crippen LogP) is -2.38. The number of hydrogen-bond acceptors (Lipinski definition) is 11. The molecule has 15 heteroatoms. The van der Waals surface area contributed by atoms with Crippen LogP contribution in [-0.4, -0.2) is 63.2 Å². The Bertz CT molecular complexity index is 973. The zero-order valence-corrected chi connectivity index (χ0v) is 22.0. The fourth-order valence-electron chi connectivity index (χ4n) is 2.33. The Morgan fingerprint density at radius 3 is 2.66 bits per heavy atom. The van der Waals surface area contributed by atoms with Crippen molar-refractivity contribution in [2.75, 3.05) is 6.54 Å². The average Bonchev–Trinajstić information content (AvgIpc) is 2.95. The van der Waals surface area contributed by atoms with E-state index in [1.165, 1.54) is 21.6 Å². The molecule has 1 aromatic rings. The maximum Gasteiger partial charge on any atom is 1.00 e. The first-order chi connectivity index (χ1) is 14.4. The summed E-state index contributed by atoms with van der Waals surface area (Å²) in [5.74, 6) is -3.91. The van der Waals surface area contributed by atoms with Crippen LogP contribution in [0.5, 0.6) is 0 Å². The summed E-state index contributed by atoms with van der Waals surface area (Å²) in [7, 11) is -1.92.